The molecule has 4 N–H and O–H groups in total. The van der Waals surface area contributed by atoms with E-state index in [9.17, 15) is 30.0 Å². The van der Waals surface area contributed by atoms with E-state index < -0.39 is 102 Å². The summed E-state index contributed by atoms with van der Waals surface area (Å²) in [7, 11) is 5.26. The summed E-state index contributed by atoms with van der Waals surface area (Å²) in [6.45, 7) is 17.9. The van der Waals surface area contributed by atoms with E-state index in [1.54, 1.807) is 41.5 Å². The number of ketones is 1. The summed E-state index contributed by atoms with van der Waals surface area (Å²) < 4.78 is 37.9. The molecular formula is C40H71NO12. The van der Waals surface area contributed by atoms with Crippen LogP contribution in [0.25, 0.3) is 0 Å². The highest BCUT2D eigenvalue weighted by Gasteiger charge is 2.53. The molecule has 1 unspecified atom stereocenters. The van der Waals surface area contributed by atoms with Crippen LogP contribution in [-0.4, -0.2) is 137 Å². The van der Waals surface area contributed by atoms with Crippen LogP contribution in [0, 0.1) is 41.4 Å². The van der Waals surface area contributed by atoms with Gasteiger partial charge in [0.15, 0.2) is 12.6 Å². The van der Waals surface area contributed by atoms with Crippen LogP contribution < -0.4 is 0 Å². The highest BCUT2D eigenvalue weighted by atomic mass is 16.7. The lowest BCUT2D eigenvalue weighted by molar-refractivity contribution is -0.317. The first-order chi connectivity index (χ1) is 24.5. The summed E-state index contributed by atoms with van der Waals surface area (Å²) in [6.07, 6.45) is -6.57. The van der Waals surface area contributed by atoms with Crippen LogP contribution in [0.15, 0.2) is 0 Å². The van der Waals surface area contributed by atoms with Crippen molar-refractivity contribution in [3.63, 3.8) is 0 Å². The van der Waals surface area contributed by atoms with Crippen LogP contribution in [0.5, 0.6) is 0 Å². The van der Waals surface area contributed by atoms with Gasteiger partial charge in [-0.1, -0.05) is 34.6 Å². The van der Waals surface area contributed by atoms with Gasteiger partial charge < -0.3 is 53.7 Å². The number of rotatable bonds is 7. The van der Waals surface area contributed by atoms with Gasteiger partial charge in [0.05, 0.1) is 47.6 Å². The molecule has 13 heteroatoms. The van der Waals surface area contributed by atoms with Gasteiger partial charge in [0, 0.05) is 43.2 Å². The fourth-order valence-electron chi connectivity index (χ4n) is 9.62. The minimum atomic E-state index is -1.72. The first-order valence-electron chi connectivity index (χ1n) is 19.9. The Morgan fingerprint density at radius 2 is 1.43 bits per heavy atom. The summed E-state index contributed by atoms with van der Waals surface area (Å²) in [4.78, 5) is 30.3. The number of likely N-dealkylation sites (N-methyl/N-ethyl adjacent to an activating group) is 1. The summed E-state index contributed by atoms with van der Waals surface area (Å²) in [5, 5.41) is 46.6. The topological polar surface area (TPSA) is 174 Å². The standard InChI is InChI=1S/C40H71NO12/c1-19-14-27(15-19)34-23(5)31(43)22(4)30(42)20(2)17-39(9,47)36(53-38-32(44)28(41(11)12)16-21(3)49-38)24(6)33(25(7)37(46)52-34)51-29-18-40(10,48-13)35(45)26(8)50-29/h19-29,31-36,38,43-45,47H,14-18H2,1-13H3/t19?,20-,21-,22+,23-,24+,25-,26+,27?,28+,29+,31-,32-,33?,34+,35+,36-,38+,39-,40-/m1/s1. The van der Waals surface area contributed by atoms with E-state index in [1.165, 1.54) is 7.11 Å². The monoisotopic (exact) mass is 757 g/mol. The van der Waals surface area contributed by atoms with Crippen LogP contribution >= 0.6 is 0 Å². The Balaban J connectivity index is 1.81. The number of methoxy groups -OCH3 is 1. The molecule has 13 nitrogen and oxygen atoms in total. The lowest BCUT2D eigenvalue weighted by Crippen LogP contribution is -2.60. The van der Waals surface area contributed by atoms with Crippen molar-refractivity contribution in [1.29, 1.82) is 0 Å². The molecule has 18 atom stereocenters. The number of nitrogens with zero attached hydrogens (tertiary/aromatic N) is 1. The Hall–Kier alpha value is -1.26. The highest BCUT2D eigenvalue weighted by Crippen LogP contribution is 2.43. The smallest absolute Gasteiger partial charge is 0.311 e. The second-order valence-electron chi connectivity index (χ2n) is 18.1. The van der Waals surface area contributed by atoms with Crippen LogP contribution in [0.1, 0.15) is 101 Å². The van der Waals surface area contributed by atoms with Crippen molar-refractivity contribution in [2.45, 2.75) is 180 Å². The number of Topliss-reactive ketones (excluding diaryl/α,β-unsaturated/α-hetero) is 1. The summed E-state index contributed by atoms with van der Waals surface area (Å²) in [6, 6.07) is -0.297. The Labute approximate surface area is 317 Å². The van der Waals surface area contributed by atoms with Crippen LogP contribution in [0.2, 0.25) is 0 Å². The number of carbonyl (C=O) groups is 2. The Morgan fingerprint density at radius 1 is 0.811 bits per heavy atom. The van der Waals surface area contributed by atoms with Crippen molar-refractivity contribution in [3.05, 3.63) is 0 Å². The van der Waals surface area contributed by atoms with Gasteiger partial charge in [0.25, 0.3) is 0 Å². The molecule has 3 saturated heterocycles. The summed E-state index contributed by atoms with van der Waals surface area (Å²) in [5.74, 6) is -4.02. The molecule has 4 fully saturated rings. The van der Waals surface area contributed by atoms with Crippen molar-refractivity contribution in [2.24, 2.45) is 41.4 Å². The molecule has 0 radical (unpaired) electrons. The third-order valence-electron chi connectivity index (χ3n) is 13.2. The summed E-state index contributed by atoms with van der Waals surface area (Å²) >= 11 is 0. The lowest BCUT2D eigenvalue weighted by atomic mass is 9.68. The first-order valence-corrected chi connectivity index (χ1v) is 19.9. The van der Waals surface area contributed by atoms with Crippen molar-refractivity contribution in [3.8, 4) is 0 Å². The number of esters is 1. The minimum absolute atomic E-state index is 0.0232. The summed E-state index contributed by atoms with van der Waals surface area (Å²) in [5.41, 5.74) is -2.74. The van der Waals surface area contributed by atoms with Crippen LogP contribution in [0.4, 0.5) is 0 Å². The second-order valence-corrected chi connectivity index (χ2v) is 18.1. The van der Waals surface area contributed by atoms with Gasteiger partial charge in [-0.3, -0.25) is 9.59 Å². The molecule has 1 aliphatic carbocycles. The first kappa shape index (κ1) is 44.5. The quantitative estimate of drug-likeness (QED) is 0.279. The Morgan fingerprint density at radius 3 is 2.00 bits per heavy atom. The zero-order valence-corrected chi connectivity index (χ0v) is 34.4. The molecule has 0 aromatic heterocycles. The molecular weight excluding hydrogens is 686 g/mol. The van der Waals surface area contributed by atoms with Gasteiger partial charge in [-0.2, -0.15) is 0 Å². The molecule has 0 bridgehead atoms. The molecule has 53 heavy (non-hydrogen) atoms. The predicted molar refractivity (Wildman–Crippen MR) is 196 cm³/mol. The van der Waals surface area contributed by atoms with Crippen LogP contribution in [0.3, 0.4) is 0 Å². The maximum absolute atomic E-state index is 14.4. The highest BCUT2D eigenvalue weighted by molar-refractivity contribution is 5.83. The Bertz CT molecular complexity index is 1230. The van der Waals surface area contributed by atoms with Gasteiger partial charge in [0.1, 0.15) is 24.1 Å². The van der Waals surface area contributed by atoms with Gasteiger partial charge >= 0.3 is 5.97 Å². The normalized spacial score (nSPS) is 51.0. The predicted octanol–water partition coefficient (Wildman–Crippen LogP) is 3.31. The number of hydrogen-bond donors (Lipinski definition) is 4. The molecule has 0 spiro atoms. The molecule has 4 rings (SSSR count). The van der Waals surface area contributed by atoms with E-state index in [2.05, 4.69) is 6.92 Å². The minimum Gasteiger partial charge on any atom is -0.461 e. The Kier molecular flexibility index (Phi) is 14.7. The number of aliphatic hydroxyl groups is 4. The van der Waals surface area contributed by atoms with Crippen molar-refractivity contribution >= 4 is 11.8 Å². The molecule has 4 aliphatic rings. The van der Waals surface area contributed by atoms with Crippen molar-refractivity contribution < 1.29 is 58.4 Å². The van der Waals surface area contributed by atoms with Gasteiger partial charge in [-0.05, 0) is 86.2 Å². The van der Waals surface area contributed by atoms with E-state index in [4.69, 9.17) is 28.4 Å². The maximum atomic E-state index is 14.4. The van der Waals surface area contributed by atoms with Crippen LogP contribution in [-0.2, 0) is 38.0 Å². The number of ether oxygens (including phenoxy) is 6. The third kappa shape index (κ3) is 9.65. The zero-order valence-electron chi connectivity index (χ0n) is 34.4. The largest absolute Gasteiger partial charge is 0.461 e. The zero-order chi connectivity index (χ0) is 39.9. The number of cyclic esters (lactones) is 1. The lowest BCUT2D eigenvalue weighted by Gasteiger charge is -2.49. The van der Waals surface area contributed by atoms with E-state index in [1.807, 2.05) is 39.8 Å². The second kappa shape index (κ2) is 17.5. The maximum Gasteiger partial charge on any atom is 0.311 e. The molecule has 3 heterocycles. The third-order valence-corrected chi connectivity index (χ3v) is 13.2. The molecule has 1 saturated carbocycles. The fraction of sp³-hybridized carbons (Fsp3) is 0.950. The number of aliphatic hydroxyl groups excluding tert-OH is 3. The number of carbonyl (C=O) groups excluding carboxylic acids is 2. The van der Waals surface area contributed by atoms with E-state index in [-0.39, 0.29) is 36.7 Å². The van der Waals surface area contributed by atoms with E-state index in [0.717, 1.165) is 12.8 Å². The van der Waals surface area contributed by atoms with Crippen molar-refractivity contribution in [2.75, 3.05) is 21.2 Å². The fourth-order valence-corrected chi connectivity index (χ4v) is 9.62. The molecule has 0 aromatic rings. The SMILES string of the molecule is CO[C@]1(C)C[C@H](OC2[C@@H](C)C(=O)O[C@H](C3CC(C)C3)[C@H](C)[C@H](O)[C@@H](C)C(=O)[C@H](C)C[C@@](C)(O)[C@H](O[C@@H]3O[C@H](C)C[C@H](N(C)C)[C@H]3O)[C@H]2C)O[C@@H](C)[C@@H]1O. The molecule has 0 aromatic carbocycles. The molecule has 308 valence electrons. The van der Waals surface area contributed by atoms with Crippen molar-refractivity contribution in [1.82, 2.24) is 4.90 Å². The van der Waals surface area contributed by atoms with Gasteiger partial charge in [-0.25, -0.2) is 0 Å². The van der Waals surface area contributed by atoms with Gasteiger partial charge in [0.2, 0.25) is 0 Å². The van der Waals surface area contributed by atoms with E-state index in [0.29, 0.717) is 12.3 Å². The molecule has 0 amide bonds. The molecule has 3 aliphatic heterocycles. The average Bonchev–Trinajstić information content (AvgIpc) is 3.07. The average molecular weight is 758 g/mol. The van der Waals surface area contributed by atoms with E-state index >= 15 is 0 Å². The number of hydrogen-bond acceptors (Lipinski definition) is 13. The van der Waals surface area contributed by atoms with Gasteiger partial charge in [-0.15, -0.1) is 0 Å².